The molecule has 1 N–H and O–H groups in total. The zero-order valence-corrected chi connectivity index (χ0v) is 13.8. The first kappa shape index (κ1) is 17.3. The fourth-order valence-electron chi connectivity index (χ4n) is 2.47. The molecule has 0 saturated heterocycles. The molecule has 0 aliphatic rings. The van der Waals surface area contributed by atoms with Crippen LogP contribution in [-0.4, -0.2) is 15.0 Å². The van der Waals surface area contributed by atoms with E-state index in [1.807, 2.05) is 30.3 Å². The molecule has 0 radical (unpaired) electrons. The molecule has 0 saturated carbocycles. The van der Waals surface area contributed by atoms with Crippen LogP contribution in [0.3, 0.4) is 0 Å². The molecule has 2 aromatic carbocycles. The molecular formula is C19H16FN3O3. The second-order valence-electron chi connectivity index (χ2n) is 5.65. The summed E-state index contributed by atoms with van der Waals surface area (Å²) in [6.07, 6.45) is 2.67. The highest BCUT2D eigenvalue weighted by molar-refractivity contribution is 5.75. The van der Waals surface area contributed by atoms with E-state index in [9.17, 15) is 18.8 Å². The minimum Gasteiger partial charge on any atom is -0.350 e. The first-order valence-corrected chi connectivity index (χ1v) is 7.93. The van der Waals surface area contributed by atoms with Gasteiger partial charge in [0.1, 0.15) is 12.4 Å². The molecule has 1 amide bonds. The summed E-state index contributed by atoms with van der Waals surface area (Å²) in [4.78, 5) is 36.5. The highest BCUT2D eigenvalue weighted by atomic mass is 19.1. The fourth-order valence-corrected chi connectivity index (χ4v) is 2.47. The second kappa shape index (κ2) is 7.60. The van der Waals surface area contributed by atoms with Crippen molar-refractivity contribution in [3.05, 3.63) is 99.1 Å². The lowest BCUT2D eigenvalue weighted by atomic mass is 10.2. The van der Waals surface area contributed by atoms with E-state index in [1.165, 1.54) is 30.6 Å². The number of hydrogen-bond donors (Lipinski definition) is 1. The molecule has 26 heavy (non-hydrogen) atoms. The summed E-state index contributed by atoms with van der Waals surface area (Å²) >= 11 is 0. The van der Waals surface area contributed by atoms with E-state index < -0.39 is 16.9 Å². The summed E-state index contributed by atoms with van der Waals surface area (Å²) in [7, 11) is 0. The molecule has 6 nitrogen and oxygen atoms in total. The van der Waals surface area contributed by atoms with Crippen molar-refractivity contribution >= 4 is 5.91 Å². The van der Waals surface area contributed by atoms with Gasteiger partial charge in [0.15, 0.2) is 0 Å². The lowest BCUT2D eigenvalue weighted by Gasteiger charge is -2.10. The van der Waals surface area contributed by atoms with E-state index in [1.54, 1.807) is 0 Å². The largest absolute Gasteiger partial charge is 0.350 e. The van der Waals surface area contributed by atoms with Crippen LogP contribution in [0.15, 0.2) is 76.6 Å². The Hall–Kier alpha value is -3.48. The molecule has 0 atom stereocenters. The number of halogens is 1. The summed E-state index contributed by atoms with van der Waals surface area (Å²) in [6, 6.07) is 14.7. The summed E-state index contributed by atoms with van der Waals surface area (Å²) in [5, 5.41) is 2.69. The Morgan fingerprint density at radius 3 is 2.46 bits per heavy atom. The average Bonchev–Trinajstić information content (AvgIpc) is 2.65. The van der Waals surface area contributed by atoms with Crippen LogP contribution in [0.1, 0.15) is 5.56 Å². The maximum Gasteiger partial charge on any atom is 0.320 e. The number of rotatable bonds is 5. The number of amides is 1. The van der Waals surface area contributed by atoms with Crippen molar-refractivity contribution in [2.75, 3.05) is 0 Å². The first-order chi connectivity index (χ1) is 12.5. The molecule has 0 bridgehead atoms. The van der Waals surface area contributed by atoms with Crippen molar-refractivity contribution in [3.63, 3.8) is 0 Å². The van der Waals surface area contributed by atoms with Crippen LogP contribution < -0.4 is 16.4 Å². The third-order valence-corrected chi connectivity index (χ3v) is 3.79. The van der Waals surface area contributed by atoms with Crippen LogP contribution >= 0.6 is 0 Å². The van der Waals surface area contributed by atoms with Crippen molar-refractivity contribution < 1.29 is 9.18 Å². The van der Waals surface area contributed by atoms with Gasteiger partial charge in [-0.2, -0.15) is 0 Å². The van der Waals surface area contributed by atoms with Gasteiger partial charge < -0.3 is 5.32 Å². The van der Waals surface area contributed by atoms with Crippen molar-refractivity contribution in [1.82, 2.24) is 14.5 Å². The van der Waals surface area contributed by atoms with E-state index in [0.717, 1.165) is 20.8 Å². The van der Waals surface area contributed by atoms with Crippen molar-refractivity contribution in [1.29, 1.82) is 0 Å². The molecule has 3 aromatic rings. The van der Waals surface area contributed by atoms with Gasteiger partial charge >= 0.3 is 11.1 Å². The number of carbonyl (C=O) groups excluding carboxylic acids is 1. The molecule has 0 aliphatic carbocycles. The quantitative estimate of drug-likeness (QED) is 0.706. The van der Waals surface area contributed by atoms with Gasteiger partial charge in [-0.05, 0) is 23.8 Å². The Kier molecular flexibility index (Phi) is 5.07. The summed E-state index contributed by atoms with van der Waals surface area (Å²) in [5.41, 5.74) is -0.539. The molecule has 7 heteroatoms. The summed E-state index contributed by atoms with van der Waals surface area (Å²) < 4.78 is 15.4. The Balaban J connectivity index is 1.75. The SMILES string of the molecule is O=C(Cn1ccn(-c2cccc(F)c2)c(=O)c1=O)NCc1ccccc1. The Morgan fingerprint density at radius 2 is 1.73 bits per heavy atom. The first-order valence-electron chi connectivity index (χ1n) is 7.93. The van der Waals surface area contributed by atoms with Gasteiger partial charge in [-0.3, -0.25) is 23.5 Å². The van der Waals surface area contributed by atoms with Crippen LogP contribution in [0.4, 0.5) is 4.39 Å². The van der Waals surface area contributed by atoms with Gasteiger partial charge in [-0.1, -0.05) is 36.4 Å². The average molecular weight is 353 g/mol. The van der Waals surface area contributed by atoms with Gasteiger partial charge in [-0.25, -0.2) is 4.39 Å². The predicted molar refractivity (Wildman–Crippen MR) is 94.5 cm³/mol. The zero-order valence-electron chi connectivity index (χ0n) is 13.8. The van der Waals surface area contributed by atoms with Gasteiger partial charge in [0.05, 0.1) is 5.69 Å². The number of carbonyl (C=O) groups is 1. The van der Waals surface area contributed by atoms with Crippen LogP contribution in [0.5, 0.6) is 0 Å². The zero-order chi connectivity index (χ0) is 18.5. The van der Waals surface area contributed by atoms with Crippen molar-refractivity contribution in [2.45, 2.75) is 13.1 Å². The Bertz CT molecular complexity index is 1040. The van der Waals surface area contributed by atoms with Crippen LogP contribution in [-0.2, 0) is 17.9 Å². The molecule has 0 aliphatic heterocycles. The van der Waals surface area contributed by atoms with E-state index >= 15 is 0 Å². The van der Waals surface area contributed by atoms with Gasteiger partial charge in [0.2, 0.25) is 5.91 Å². The molecule has 0 unspecified atom stereocenters. The molecule has 0 spiro atoms. The standard InChI is InChI=1S/C19H16FN3O3/c20-15-7-4-8-16(11-15)23-10-9-22(18(25)19(23)26)13-17(24)21-12-14-5-2-1-3-6-14/h1-11H,12-13H2,(H,21,24). The normalized spacial score (nSPS) is 10.5. The Labute approximate surface area is 148 Å². The highest BCUT2D eigenvalue weighted by Gasteiger charge is 2.10. The number of nitrogens with zero attached hydrogens (tertiary/aromatic N) is 2. The number of hydrogen-bond acceptors (Lipinski definition) is 3. The van der Waals surface area contributed by atoms with Crippen molar-refractivity contribution in [3.8, 4) is 5.69 Å². The number of benzene rings is 2. The molecular weight excluding hydrogens is 337 g/mol. The van der Waals surface area contributed by atoms with E-state index in [0.29, 0.717) is 6.54 Å². The van der Waals surface area contributed by atoms with Crippen molar-refractivity contribution in [2.24, 2.45) is 0 Å². The molecule has 132 valence electrons. The summed E-state index contributed by atoms with van der Waals surface area (Å²) in [6.45, 7) is 0.0552. The Morgan fingerprint density at radius 1 is 0.962 bits per heavy atom. The molecule has 0 fully saturated rings. The minimum atomic E-state index is -0.855. The third-order valence-electron chi connectivity index (χ3n) is 3.79. The predicted octanol–water partition coefficient (Wildman–Crippen LogP) is 1.45. The lowest BCUT2D eigenvalue weighted by Crippen LogP contribution is -2.42. The van der Waals surface area contributed by atoms with Crippen LogP contribution in [0.25, 0.3) is 5.69 Å². The van der Waals surface area contributed by atoms with E-state index in [-0.39, 0.29) is 18.1 Å². The molecule has 3 rings (SSSR count). The third kappa shape index (κ3) is 3.94. The second-order valence-corrected chi connectivity index (χ2v) is 5.65. The number of nitrogens with one attached hydrogen (secondary N) is 1. The molecule has 1 aromatic heterocycles. The smallest absolute Gasteiger partial charge is 0.320 e. The summed E-state index contributed by atoms with van der Waals surface area (Å²) in [5.74, 6) is -0.905. The topological polar surface area (TPSA) is 73.1 Å². The maximum absolute atomic E-state index is 13.3. The van der Waals surface area contributed by atoms with Crippen LogP contribution in [0, 0.1) is 5.82 Å². The van der Waals surface area contributed by atoms with E-state index in [4.69, 9.17) is 0 Å². The van der Waals surface area contributed by atoms with Gasteiger partial charge in [0, 0.05) is 18.9 Å². The molecule has 1 heterocycles. The number of aromatic nitrogens is 2. The maximum atomic E-state index is 13.3. The monoisotopic (exact) mass is 353 g/mol. The van der Waals surface area contributed by atoms with Crippen LogP contribution in [0.2, 0.25) is 0 Å². The van der Waals surface area contributed by atoms with E-state index in [2.05, 4.69) is 5.32 Å². The van der Waals surface area contributed by atoms with Gasteiger partial charge in [-0.15, -0.1) is 0 Å². The highest BCUT2D eigenvalue weighted by Crippen LogP contribution is 2.06. The minimum absolute atomic E-state index is 0.243. The lowest BCUT2D eigenvalue weighted by molar-refractivity contribution is -0.121. The fraction of sp³-hybridized carbons (Fsp3) is 0.105. The van der Waals surface area contributed by atoms with Gasteiger partial charge in [0.25, 0.3) is 0 Å².